The number of aliphatic hydroxyl groups is 2. The molecule has 0 bridgehead atoms. The molecule has 37 heavy (non-hydrogen) atoms. The van der Waals surface area contributed by atoms with Crippen molar-refractivity contribution >= 4 is 17.8 Å². The van der Waals surface area contributed by atoms with Crippen LogP contribution in [0, 0.1) is 17.8 Å². The van der Waals surface area contributed by atoms with E-state index in [1.54, 1.807) is 20.9 Å². The first-order valence-corrected chi connectivity index (χ1v) is 13.6. The summed E-state index contributed by atoms with van der Waals surface area (Å²) in [5, 5.41) is 23.3. The maximum absolute atomic E-state index is 13.6. The monoisotopic (exact) mass is 518 g/mol. The largest absolute Gasteiger partial charge is 0.460 e. The highest BCUT2D eigenvalue weighted by molar-refractivity contribution is 5.91. The van der Waals surface area contributed by atoms with Gasteiger partial charge in [0.15, 0.2) is 0 Å². The smallest absolute Gasteiger partial charge is 0.329 e. The van der Waals surface area contributed by atoms with Crippen LogP contribution in [0.3, 0.4) is 0 Å². The number of unbranched alkanes of at least 4 members (excludes halogenated alkanes) is 1. The highest BCUT2D eigenvalue weighted by atomic mass is 16.5. The predicted octanol–water partition coefficient (Wildman–Crippen LogP) is 3.09. The zero-order valence-electron chi connectivity index (χ0n) is 23.2. The van der Waals surface area contributed by atoms with Crippen molar-refractivity contribution in [2.45, 2.75) is 104 Å². The second-order valence-electron chi connectivity index (χ2n) is 11.1. The Kier molecular flexibility index (Phi) is 12.0. The summed E-state index contributed by atoms with van der Waals surface area (Å²) >= 11 is 0. The second kappa shape index (κ2) is 14.5. The minimum absolute atomic E-state index is 0.0644. The average molecular weight is 519 g/mol. The van der Waals surface area contributed by atoms with E-state index in [1.807, 2.05) is 51.1 Å². The van der Waals surface area contributed by atoms with Gasteiger partial charge >= 0.3 is 5.97 Å². The number of carbonyl (C=O) groups is 3. The molecule has 0 aromatic heterocycles. The number of likely N-dealkylation sites (N-methyl/N-ethyl adjacent to an activating group) is 1. The molecule has 1 aliphatic rings. The van der Waals surface area contributed by atoms with Crippen molar-refractivity contribution in [2.75, 3.05) is 7.05 Å². The summed E-state index contributed by atoms with van der Waals surface area (Å²) < 4.78 is 5.99. The van der Waals surface area contributed by atoms with Crippen molar-refractivity contribution in [3.8, 4) is 0 Å². The van der Waals surface area contributed by atoms with Crippen molar-refractivity contribution in [3.05, 3.63) is 35.9 Å². The molecule has 1 aromatic carbocycles. The number of rotatable bonds is 9. The Labute approximate surface area is 221 Å². The number of carbonyl (C=O) groups excluding carboxylic acids is 3. The first-order valence-electron chi connectivity index (χ1n) is 13.6. The van der Waals surface area contributed by atoms with Crippen LogP contribution in [0.25, 0.3) is 0 Å². The van der Waals surface area contributed by atoms with Gasteiger partial charge in [-0.2, -0.15) is 0 Å². The molecule has 1 saturated heterocycles. The van der Waals surface area contributed by atoms with Gasteiger partial charge < -0.3 is 25.2 Å². The Morgan fingerprint density at radius 3 is 2.27 bits per heavy atom. The Bertz CT molecular complexity index is 874. The third kappa shape index (κ3) is 9.11. The SMILES string of the molecule is CC(O)CCCCC(C)C1CC(O)C(C)C(=O)NC(Cc2ccccc2)C(=O)N(C)C(C(C)C)C(=O)O1. The minimum atomic E-state index is -1.04. The number of hydrogen-bond donors (Lipinski definition) is 3. The highest BCUT2D eigenvalue weighted by Crippen LogP contribution is 2.26. The topological polar surface area (TPSA) is 116 Å². The summed E-state index contributed by atoms with van der Waals surface area (Å²) in [5.74, 6) is -2.37. The Balaban J connectivity index is 2.33. The van der Waals surface area contributed by atoms with Gasteiger partial charge in [-0.3, -0.25) is 9.59 Å². The third-order valence-corrected chi connectivity index (χ3v) is 7.43. The average Bonchev–Trinajstić information content (AvgIpc) is 2.84. The number of ether oxygens (including phenoxy) is 1. The summed E-state index contributed by atoms with van der Waals surface area (Å²) in [6, 6.07) is 7.67. The molecule has 0 radical (unpaired) electrons. The molecule has 0 spiro atoms. The molecule has 8 heteroatoms. The quantitative estimate of drug-likeness (QED) is 0.342. The number of cyclic esters (lactones) is 1. The lowest BCUT2D eigenvalue weighted by molar-refractivity contribution is -0.166. The fourth-order valence-corrected chi connectivity index (χ4v) is 4.94. The van der Waals surface area contributed by atoms with Crippen molar-refractivity contribution in [1.82, 2.24) is 10.2 Å². The van der Waals surface area contributed by atoms with Gasteiger partial charge in [0.25, 0.3) is 0 Å². The van der Waals surface area contributed by atoms with Crippen LogP contribution in [-0.2, 0) is 25.5 Å². The third-order valence-electron chi connectivity index (χ3n) is 7.43. The van der Waals surface area contributed by atoms with E-state index in [9.17, 15) is 24.6 Å². The Hall–Kier alpha value is -2.45. The van der Waals surface area contributed by atoms with Gasteiger partial charge in [0.1, 0.15) is 18.2 Å². The summed E-state index contributed by atoms with van der Waals surface area (Å²) in [6.07, 6.45) is 1.53. The van der Waals surface area contributed by atoms with E-state index in [-0.39, 0.29) is 36.7 Å². The molecule has 2 amide bonds. The fourth-order valence-electron chi connectivity index (χ4n) is 4.94. The molecule has 0 saturated carbocycles. The summed E-state index contributed by atoms with van der Waals surface area (Å²) in [4.78, 5) is 41.6. The lowest BCUT2D eigenvalue weighted by Crippen LogP contribution is -2.57. The number of esters is 1. The molecule has 8 nitrogen and oxygen atoms in total. The summed E-state index contributed by atoms with van der Waals surface area (Å²) in [7, 11) is 1.58. The molecule has 7 atom stereocenters. The van der Waals surface area contributed by atoms with Crippen LogP contribution < -0.4 is 5.32 Å². The molecule has 0 aliphatic carbocycles. The van der Waals surface area contributed by atoms with E-state index in [1.165, 1.54) is 4.90 Å². The molecule has 3 N–H and O–H groups in total. The fraction of sp³-hybridized carbons (Fsp3) is 0.690. The van der Waals surface area contributed by atoms with E-state index in [2.05, 4.69) is 5.32 Å². The molecule has 1 aliphatic heterocycles. The lowest BCUT2D eigenvalue weighted by Gasteiger charge is -2.36. The van der Waals surface area contributed by atoms with Gasteiger partial charge in [0, 0.05) is 19.9 Å². The van der Waals surface area contributed by atoms with E-state index < -0.39 is 42.1 Å². The Morgan fingerprint density at radius 2 is 1.68 bits per heavy atom. The summed E-state index contributed by atoms with van der Waals surface area (Å²) in [6.45, 7) is 9.08. The second-order valence-corrected chi connectivity index (χ2v) is 11.1. The first kappa shape index (κ1) is 30.8. The van der Waals surface area contributed by atoms with E-state index in [0.29, 0.717) is 6.42 Å². The predicted molar refractivity (Wildman–Crippen MR) is 142 cm³/mol. The van der Waals surface area contributed by atoms with E-state index in [4.69, 9.17) is 4.74 Å². The van der Waals surface area contributed by atoms with Gasteiger partial charge in [-0.15, -0.1) is 0 Å². The van der Waals surface area contributed by atoms with Crippen LogP contribution in [0.4, 0.5) is 0 Å². The molecule has 7 unspecified atom stereocenters. The van der Waals surface area contributed by atoms with Crippen molar-refractivity contribution < 1.29 is 29.3 Å². The number of benzene rings is 1. The standard InChI is InChI=1S/C29H46N2O6/c1-18(2)26-29(36)37-25(19(3)12-10-11-13-20(4)32)17-24(33)21(5)27(34)30-23(28(35)31(26)6)16-22-14-8-7-9-15-22/h7-9,14-15,18-21,23-26,32-33H,10-13,16-17H2,1-6H3,(H,30,34). The minimum Gasteiger partial charge on any atom is -0.460 e. The van der Waals surface area contributed by atoms with Crippen molar-refractivity contribution in [1.29, 1.82) is 0 Å². The summed E-state index contributed by atoms with van der Waals surface area (Å²) in [5.41, 5.74) is 0.878. The highest BCUT2D eigenvalue weighted by Gasteiger charge is 2.39. The first-order chi connectivity index (χ1) is 17.4. The molecule has 2 rings (SSSR count). The molecule has 208 valence electrons. The number of hydrogen-bond acceptors (Lipinski definition) is 6. The van der Waals surface area contributed by atoms with Gasteiger partial charge in [-0.05, 0) is 37.2 Å². The van der Waals surface area contributed by atoms with Crippen LogP contribution in [0.5, 0.6) is 0 Å². The van der Waals surface area contributed by atoms with Gasteiger partial charge in [0.05, 0.1) is 18.1 Å². The molecular weight excluding hydrogens is 472 g/mol. The molecular formula is C29H46N2O6. The van der Waals surface area contributed by atoms with E-state index >= 15 is 0 Å². The number of nitrogens with one attached hydrogen (secondary N) is 1. The van der Waals surface area contributed by atoms with Crippen molar-refractivity contribution in [3.63, 3.8) is 0 Å². The van der Waals surface area contributed by atoms with Crippen LogP contribution in [0.15, 0.2) is 30.3 Å². The van der Waals surface area contributed by atoms with Gasteiger partial charge in [0.2, 0.25) is 11.8 Å². The maximum Gasteiger partial charge on any atom is 0.329 e. The zero-order chi connectivity index (χ0) is 27.7. The number of nitrogens with zero attached hydrogens (tertiary/aromatic N) is 1. The lowest BCUT2D eigenvalue weighted by atomic mass is 9.89. The molecule has 1 heterocycles. The zero-order valence-corrected chi connectivity index (χ0v) is 23.2. The maximum atomic E-state index is 13.6. The van der Waals surface area contributed by atoms with Crippen LogP contribution in [-0.4, -0.2) is 70.3 Å². The number of aliphatic hydroxyl groups excluding tert-OH is 2. The Morgan fingerprint density at radius 1 is 1.05 bits per heavy atom. The van der Waals surface area contributed by atoms with Crippen LogP contribution in [0.2, 0.25) is 0 Å². The van der Waals surface area contributed by atoms with Crippen molar-refractivity contribution in [2.24, 2.45) is 17.8 Å². The van der Waals surface area contributed by atoms with Gasteiger partial charge in [-0.25, -0.2) is 4.79 Å². The van der Waals surface area contributed by atoms with E-state index in [0.717, 1.165) is 24.8 Å². The van der Waals surface area contributed by atoms with Crippen LogP contribution >= 0.6 is 0 Å². The normalized spacial score (nSPS) is 27.6. The number of amides is 2. The molecule has 1 fully saturated rings. The molecule has 1 aromatic rings. The van der Waals surface area contributed by atoms with Crippen LogP contribution in [0.1, 0.15) is 72.3 Å². The van der Waals surface area contributed by atoms with Gasteiger partial charge in [-0.1, -0.05) is 70.9 Å².